The maximum Gasteiger partial charge on any atom is 0.254 e. The second-order valence-corrected chi connectivity index (χ2v) is 6.68. The third kappa shape index (κ3) is 3.52. The minimum Gasteiger partial charge on any atom is -0.338 e. The molecule has 1 aliphatic heterocycles. The number of piperidine rings is 1. The molecule has 4 rings (SSSR count). The average molecular weight is 335 g/mol. The van der Waals surface area contributed by atoms with E-state index in [-0.39, 0.29) is 5.91 Å². The number of hydrogen-bond donors (Lipinski definition) is 0. The lowest BCUT2D eigenvalue weighted by Crippen LogP contribution is -2.40. The van der Waals surface area contributed by atoms with Crippen molar-refractivity contribution in [2.24, 2.45) is 5.92 Å². The fourth-order valence-electron chi connectivity index (χ4n) is 3.56. The number of rotatable bonds is 4. The standard InChI is InChI=1S/C19H21N5O/c25-19(17-10-12-24-18(13-17)20-21-22-24)23-11-4-7-16(14-23)9-8-15-5-2-1-3-6-15/h1-3,5-6,10,12-13,16H,4,7-9,11,14H2/t16-/m1/s1. The number of likely N-dealkylation sites (tertiary alicyclic amines) is 1. The van der Waals surface area contributed by atoms with E-state index in [2.05, 4.69) is 39.8 Å². The van der Waals surface area contributed by atoms with Crippen molar-refractivity contribution in [2.45, 2.75) is 25.7 Å². The minimum absolute atomic E-state index is 0.0786. The highest BCUT2D eigenvalue weighted by Gasteiger charge is 2.24. The Bertz CT molecular complexity index is 860. The summed E-state index contributed by atoms with van der Waals surface area (Å²) >= 11 is 0. The van der Waals surface area contributed by atoms with Gasteiger partial charge in [-0.05, 0) is 59.7 Å². The Kier molecular flexibility index (Phi) is 4.41. The summed E-state index contributed by atoms with van der Waals surface area (Å²) in [6, 6.07) is 14.1. The Hall–Kier alpha value is -2.76. The van der Waals surface area contributed by atoms with Crippen molar-refractivity contribution in [1.82, 2.24) is 24.9 Å². The van der Waals surface area contributed by atoms with Gasteiger partial charge in [-0.3, -0.25) is 4.79 Å². The SMILES string of the molecule is O=C(c1ccn2nnnc2c1)N1CCC[C@H](CCc2ccccc2)C1. The van der Waals surface area contributed by atoms with Crippen molar-refractivity contribution in [1.29, 1.82) is 0 Å². The predicted octanol–water partition coefficient (Wildman–Crippen LogP) is 2.61. The molecule has 0 saturated carbocycles. The number of pyridine rings is 1. The van der Waals surface area contributed by atoms with Gasteiger partial charge in [0.05, 0.1) is 0 Å². The molecule has 6 heteroatoms. The van der Waals surface area contributed by atoms with E-state index in [0.29, 0.717) is 17.1 Å². The summed E-state index contributed by atoms with van der Waals surface area (Å²) in [5, 5.41) is 11.4. The molecule has 1 amide bonds. The van der Waals surface area contributed by atoms with Crippen LogP contribution in [-0.4, -0.2) is 43.9 Å². The molecule has 0 spiro atoms. The lowest BCUT2D eigenvalue weighted by molar-refractivity contribution is 0.0668. The van der Waals surface area contributed by atoms with Gasteiger partial charge in [0.2, 0.25) is 0 Å². The quantitative estimate of drug-likeness (QED) is 0.735. The largest absolute Gasteiger partial charge is 0.338 e. The highest BCUT2D eigenvalue weighted by atomic mass is 16.2. The number of aryl methyl sites for hydroxylation is 1. The molecule has 1 aromatic carbocycles. The molecule has 3 aromatic rings. The molecule has 1 fully saturated rings. The molecule has 6 nitrogen and oxygen atoms in total. The zero-order chi connectivity index (χ0) is 17.1. The van der Waals surface area contributed by atoms with Gasteiger partial charge in [0.25, 0.3) is 5.91 Å². The van der Waals surface area contributed by atoms with Crippen LogP contribution in [0.2, 0.25) is 0 Å². The zero-order valence-electron chi connectivity index (χ0n) is 14.1. The molecular formula is C19H21N5O. The molecular weight excluding hydrogens is 314 g/mol. The lowest BCUT2D eigenvalue weighted by atomic mass is 9.91. The Labute approximate surface area is 146 Å². The van der Waals surface area contributed by atoms with Crippen LogP contribution < -0.4 is 0 Å². The minimum atomic E-state index is 0.0786. The van der Waals surface area contributed by atoms with E-state index in [9.17, 15) is 4.79 Å². The van der Waals surface area contributed by atoms with Crippen molar-refractivity contribution < 1.29 is 4.79 Å². The Morgan fingerprint density at radius 2 is 2.08 bits per heavy atom. The van der Waals surface area contributed by atoms with E-state index in [1.165, 1.54) is 12.0 Å². The number of amides is 1. The maximum absolute atomic E-state index is 12.8. The Morgan fingerprint density at radius 3 is 2.96 bits per heavy atom. The van der Waals surface area contributed by atoms with Crippen LogP contribution in [-0.2, 0) is 6.42 Å². The predicted molar refractivity (Wildman–Crippen MR) is 94.2 cm³/mol. The first-order valence-electron chi connectivity index (χ1n) is 8.80. The first kappa shape index (κ1) is 15.7. The van der Waals surface area contributed by atoms with Crippen LogP contribution in [0.4, 0.5) is 0 Å². The van der Waals surface area contributed by atoms with E-state index in [1.54, 1.807) is 22.8 Å². The highest BCUT2D eigenvalue weighted by Crippen LogP contribution is 2.23. The summed E-state index contributed by atoms with van der Waals surface area (Å²) in [5.74, 6) is 0.645. The second kappa shape index (κ2) is 7.01. The second-order valence-electron chi connectivity index (χ2n) is 6.68. The number of benzene rings is 1. The summed E-state index contributed by atoms with van der Waals surface area (Å²) in [7, 11) is 0. The van der Waals surface area contributed by atoms with Crippen molar-refractivity contribution in [3.8, 4) is 0 Å². The topological polar surface area (TPSA) is 63.4 Å². The molecule has 0 radical (unpaired) electrons. The van der Waals surface area contributed by atoms with E-state index >= 15 is 0 Å². The first-order valence-corrected chi connectivity index (χ1v) is 8.80. The molecule has 1 aliphatic rings. The summed E-state index contributed by atoms with van der Waals surface area (Å²) in [4.78, 5) is 14.8. The summed E-state index contributed by atoms with van der Waals surface area (Å²) in [6.45, 7) is 1.67. The van der Waals surface area contributed by atoms with Crippen molar-refractivity contribution in [2.75, 3.05) is 13.1 Å². The van der Waals surface area contributed by atoms with Crippen LogP contribution in [0, 0.1) is 5.92 Å². The molecule has 1 saturated heterocycles. The van der Waals surface area contributed by atoms with Gasteiger partial charge >= 0.3 is 0 Å². The number of aromatic nitrogens is 4. The van der Waals surface area contributed by atoms with E-state index in [1.807, 2.05) is 11.0 Å². The molecule has 3 heterocycles. The summed E-state index contributed by atoms with van der Waals surface area (Å²) in [6.07, 6.45) is 6.20. The van der Waals surface area contributed by atoms with E-state index in [4.69, 9.17) is 0 Å². The maximum atomic E-state index is 12.8. The molecule has 1 atom stereocenters. The van der Waals surface area contributed by atoms with Crippen LogP contribution in [0.25, 0.3) is 5.65 Å². The van der Waals surface area contributed by atoms with Gasteiger partial charge in [-0.1, -0.05) is 30.3 Å². The lowest BCUT2D eigenvalue weighted by Gasteiger charge is -2.33. The summed E-state index contributed by atoms with van der Waals surface area (Å²) in [5.41, 5.74) is 2.63. The normalized spacial score (nSPS) is 17.8. The fourth-order valence-corrected chi connectivity index (χ4v) is 3.56. The van der Waals surface area contributed by atoms with Gasteiger partial charge in [-0.2, -0.15) is 0 Å². The molecule has 0 unspecified atom stereocenters. The third-order valence-electron chi connectivity index (χ3n) is 4.94. The van der Waals surface area contributed by atoms with Gasteiger partial charge in [0, 0.05) is 24.8 Å². The molecule has 2 aromatic heterocycles. The van der Waals surface area contributed by atoms with Gasteiger partial charge < -0.3 is 4.90 Å². The fraction of sp³-hybridized carbons (Fsp3) is 0.368. The molecule has 0 bridgehead atoms. The molecule has 0 N–H and O–H groups in total. The Morgan fingerprint density at radius 1 is 1.20 bits per heavy atom. The van der Waals surface area contributed by atoms with Crippen molar-refractivity contribution in [3.63, 3.8) is 0 Å². The molecule has 128 valence electrons. The van der Waals surface area contributed by atoms with E-state index in [0.717, 1.165) is 32.4 Å². The number of fused-ring (bicyclic) bond motifs is 1. The summed E-state index contributed by atoms with van der Waals surface area (Å²) < 4.78 is 1.57. The average Bonchev–Trinajstić information content (AvgIpc) is 3.14. The molecule has 25 heavy (non-hydrogen) atoms. The van der Waals surface area contributed by atoms with Gasteiger partial charge in [0.1, 0.15) is 0 Å². The van der Waals surface area contributed by atoms with Crippen LogP contribution in [0.1, 0.15) is 35.2 Å². The van der Waals surface area contributed by atoms with Crippen LogP contribution in [0.15, 0.2) is 48.7 Å². The number of nitrogens with zero attached hydrogens (tertiary/aromatic N) is 5. The van der Waals surface area contributed by atoms with Crippen LogP contribution in [0.3, 0.4) is 0 Å². The van der Waals surface area contributed by atoms with Gasteiger partial charge in [0.15, 0.2) is 5.65 Å². The van der Waals surface area contributed by atoms with Crippen molar-refractivity contribution in [3.05, 3.63) is 59.8 Å². The number of carbonyl (C=O) groups excluding carboxylic acids is 1. The first-order chi connectivity index (χ1) is 12.3. The Balaban J connectivity index is 1.40. The van der Waals surface area contributed by atoms with Crippen LogP contribution >= 0.6 is 0 Å². The molecule has 0 aliphatic carbocycles. The van der Waals surface area contributed by atoms with Gasteiger partial charge in [-0.25, -0.2) is 4.52 Å². The monoisotopic (exact) mass is 335 g/mol. The smallest absolute Gasteiger partial charge is 0.254 e. The van der Waals surface area contributed by atoms with E-state index < -0.39 is 0 Å². The number of carbonyl (C=O) groups is 1. The van der Waals surface area contributed by atoms with Crippen molar-refractivity contribution >= 4 is 11.6 Å². The van der Waals surface area contributed by atoms with Gasteiger partial charge in [-0.15, -0.1) is 5.10 Å². The third-order valence-corrected chi connectivity index (χ3v) is 4.94. The zero-order valence-corrected chi connectivity index (χ0v) is 14.1. The van der Waals surface area contributed by atoms with Crippen LogP contribution in [0.5, 0.6) is 0 Å². The number of hydrogen-bond acceptors (Lipinski definition) is 4. The number of tetrazole rings is 1. The highest BCUT2D eigenvalue weighted by molar-refractivity contribution is 5.95.